The Hall–Kier alpha value is -4.06. The minimum atomic E-state index is -3.42. The molecule has 0 unspecified atom stereocenters. The van der Waals surface area contributed by atoms with Gasteiger partial charge in [0, 0.05) is 36.5 Å². The fraction of sp³-hybridized carbons (Fsp3) is 0.568. The van der Waals surface area contributed by atoms with E-state index >= 15 is 0 Å². The van der Waals surface area contributed by atoms with E-state index < -0.39 is 31.3 Å². The number of aromatic nitrogens is 3. The molecule has 0 aliphatic heterocycles. The third-order valence-electron chi connectivity index (χ3n) is 9.95. The van der Waals surface area contributed by atoms with Crippen molar-refractivity contribution >= 4 is 17.8 Å². The van der Waals surface area contributed by atoms with Crippen molar-refractivity contribution in [3.8, 4) is 16.9 Å². The number of hydrogen-bond donors (Lipinski definition) is 2. The minimum absolute atomic E-state index is 0.000850. The third kappa shape index (κ3) is 9.35. The Morgan fingerprint density at radius 3 is 2.43 bits per heavy atom. The van der Waals surface area contributed by atoms with Crippen molar-refractivity contribution in [2.24, 2.45) is 11.8 Å². The summed E-state index contributed by atoms with van der Waals surface area (Å²) in [4.78, 5) is 33.0. The fourth-order valence-corrected chi connectivity index (χ4v) is 7.00. The van der Waals surface area contributed by atoms with Crippen LogP contribution in [0, 0.1) is 18.8 Å². The van der Waals surface area contributed by atoms with Crippen LogP contribution in [0.25, 0.3) is 11.1 Å². The Morgan fingerprint density at radius 1 is 1.06 bits per heavy atom. The molecule has 0 atom stereocenters. The average molecular weight is 682 g/mol. The summed E-state index contributed by atoms with van der Waals surface area (Å²) < 4.78 is 39.4. The number of alkyl carbamates (subject to hydrolysis) is 1. The number of methoxy groups -OCH3 is 1. The molecule has 266 valence electrons. The molecule has 2 fully saturated rings. The summed E-state index contributed by atoms with van der Waals surface area (Å²) in [6, 6.07) is 10.5. The maximum atomic E-state index is 14.3. The summed E-state index contributed by atoms with van der Waals surface area (Å²) in [5.41, 5.74) is 4.35. The lowest BCUT2D eigenvalue weighted by Gasteiger charge is -2.35. The molecule has 3 aromatic rings. The van der Waals surface area contributed by atoms with Crippen molar-refractivity contribution in [2.45, 2.75) is 96.1 Å². The number of pyridine rings is 1. The van der Waals surface area contributed by atoms with Gasteiger partial charge in [-0.05, 0) is 119 Å². The van der Waals surface area contributed by atoms with E-state index in [0.717, 1.165) is 48.1 Å². The number of hydrogen-bond acceptors (Lipinski definition) is 7. The molecule has 10 nitrogen and oxygen atoms in total. The van der Waals surface area contributed by atoms with Gasteiger partial charge in [-0.3, -0.25) is 14.4 Å². The molecule has 12 heteroatoms. The van der Waals surface area contributed by atoms with E-state index in [2.05, 4.69) is 43.0 Å². The first-order valence-electron chi connectivity index (χ1n) is 17.4. The highest BCUT2D eigenvalue weighted by Crippen LogP contribution is 2.39. The molecule has 2 aliphatic rings. The molecular formula is C37H49F2N5O5. The van der Waals surface area contributed by atoms with Crippen LogP contribution in [-0.2, 0) is 9.53 Å². The van der Waals surface area contributed by atoms with Gasteiger partial charge in [0.05, 0.1) is 19.9 Å². The van der Waals surface area contributed by atoms with Crippen LogP contribution >= 0.6 is 0 Å². The van der Waals surface area contributed by atoms with Crippen molar-refractivity contribution in [2.75, 3.05) is 31.7 Å². The number of aryl methyl sites for hydroxylation is 1. The Morgan fingerprint density at radius 2 is 1.80 bits per heavy atom. The van der Waals surface area contributed by atoms with E-state index in [1.807, 2.05) is 45.5 Å². The van der Waals surface area contributed by atoms with Crippen molar-refractivity contribution < 1.29 is 33.0 Å². The second-order valence-corrected chi connectivity index (χ2v) is 13.8. The van der Waals surface area contributed by atoms with Crippen molar-refractivity contribution in [1.29, 1.82) is 0 Å². The molecule has 2 heterocycles. The molecule has 2 amide bonds. The number of anilines is 1. The van der Waals surface area contributed by atoms with Crippen LogP contribution in [-0.4, -0.2) is 70.7 Å². The number of benzene rings is 1. The second-order valence-electron chi connectivity index (χ2n) is 13.8. The van der Waals surface area contributed by atoms with Gasteiger partial charge in [0.2, 0.25) is 5.91 Å². The van der Waals surface area contributed by atoms with Crippen LogP contribution in [0.15, 0.2) is 48.9 Å². The number of ether oxygens (including phenoxy) is 2. The van der Waals surface area contributed by atoms with E-state index in [1.54, 1.807) is 13.3 Å². The van der Waals surface area contributed by atoms with Gasteiger partial charge >= 0.3 is 6.09 Å². The van der Waals surface area contributed by atoms with Gasteiger partial charge < -0.3 is 19.9 Å². The van der Waals surface area contributed by atoms with Crippen LogP contribution in [0.2, 0.25) is 0 Å². The van der Waals surface area contributed by atoms with E-state index in [4.69, 9.17) is 14.6 Å². The smallest absolute Gasteiger partial charge is 0.407 e. The predicted molar refractivity (Wildman–Crippen MR) is 183 cm³/mol. The summed E-state index contributed by atoms with van der Waals surface area (Å²) in [7, 11) is 1.69. The van der Waals surface area contributed by atoms with Gasteiger partial charge in [0.25, 0.3) is 5.92 Å². The zero-order valence-corrected chi connectivity index (χ0v) is 28.9. The Balaban J connectivity index is 1.27. The van der Waals surface area contributed by atoms with Crippen molar-refractivity contribution in [3.63, 3.8) is 0 Å². The maximum absolute atomic E-state index is 14.3. The number of carbonyl (C=O) groups excluding carboxylic acids is 2. The first-order chi connectivity index (χ1) is 23.5. The first-order valence-corrected chi connectivity index (χ1v) is 17.4. The summed E-state index contributed by atoms with van der Waals surface area (Å²) in [5, 5.41) is 15.2. The zero-order valence-electron chi connectivity index (χ0n) is 28.9. The Bertz CT molecular complexity index is 1560. The molecule has 0 spiro atoms. The summed E-state index contributed by atoms with van der Waals surface area (Å²) in [6.07, 6.45) is 10.1. The van der Waals surface area contributed by atoms with Gasteiger partial charge in [-0.2, -0.15) is 5.10 Å². The number of alkyl halides is 2. The van der Waals surface area contributed by atoms with Gasteiger partial charge in [0.1, 0.15) is 24.3 Å². The summed E-state index contributed by atoms with van der Waals surface area (Å²) in [6.45, 7) is 4.41. The van der Waals surface area contributed by atoms with Gasteiger partial charge in [-0.25, -0.2) is 18.6 Å². The predicted octanol–water partition coefficient (Wildman–Crippen LogP) is 7.06. The SMILES string of the molecule is COc1ccc(C2CCC(CN(C(=O)C3CCC(OC(=O)NCC(F)(F)CO)CC3)c3cc(-c4cnn(C(C)C)c4)ccn3)CC2)cc1C. The topological polar surface area (TPSA) is 119 Å². The zero-order chi connectivity index (χ0) is 35.1. The molecule has 2 aromatic heterocycles. The van der Waals surface area contributed by atoms with E-state index in [0.29, 0.717) is 49.9 Å². The lowest BCUT2D eigenvalue weighted by atomic mass is 9.78. The van der Waals surface area contributed by atoms with E-state index in [1.165, 1.54) is 5.56 Å². The number of halogens is 2. The maximum Gasteiger partial charge on any atom is 0.407 e. The molecule has 0 radical (unpaired) electrons. The summed E-state index contributed by atoms with van der Waals surface area (Å²) in [5.74, 6) is -1.42. The third-order valence-corrected chi connectivity index (χ3v) is 9.95. The Kier molecular flexibility index (Phi) is 11.9. The number of rotatable bonds is 12. The highest BCUT2D eigenvalue weighted by atomic mass is 19.3. The Labute approximate surface area is 287 Å². The van der Waals surface area contributed by atoms with Crippen LogP contribution in [0.4, 0.5) is 19.4 Å². The number of nitrogens with one attached hydrogen (secondary N) is 1. The fourth-order valence-electron chi connectivity index (χ4n) is 7.00. The number of nitrogens with zero attached hydrogens (tertiary/aromatic N) is 4. The molecular weight excluding hydrogens is 632 g/mol. The number of amides is 2. The minimum Gasteiger partial charge on any atom is -0.496 e. The standard InChI is InChI=1S/C37H49F2N5O5/c1-24(2)44-21-31(19-42-44)30-15-16-40-34(18-30)43(20-26-5-7-27(8-6-26)29-11-14-33(48-4)25(3)17-29)35(46)28-9-12-32(13-10-28)49-36(47)41-22-37(38,39)23-45/h11,14-19,21,24,26-28,32,45H,5-10,12-13,20,22-23H2,1-4H3,(H,41,47). The van der Waals surface area contributed by atoms with Crippen LogP contribution < -0.4 is 15.0 Å². The molecule has 49 heavy (non-hydrogen) atoms. The summed E-state index contributed by atoms with van der Waals surface area (Å²) >= 11 is 0. The molecule has 0 saturated heterocycles. The molecule has 0 bridgehead atoms. The number of aliphatic hydroxyl groups excluding tert-OH is 1. The highest BCUT2D eigenvalue weighted by Gasteiger charge is 2.35. The van der Waals surface area contributed by atoms with Crippen molar-refractivity contribution in [1.82, 2.24) is 20.1 Å². The average Bonchev–Trinajstić information content (AvgIpc) is 3.61. The molecule has 2 aliphatic carbocycles. The van der Waals surface area contributed by atoms with Crippen molar-refractivity contribution in [3.05, 3.63) is 60.0 Å². The van der Waals surface area contributed by atoms with E-state index in [9.17, 15) is 18.4 Å². The van der Waals surface area contributed by atoms with Crippen LogP contribution in [0.1, 0.15) is 88.3 Å². The monoisotopic (exact) mass is 681 g/mol. The van der Waals surface area contributed by atoms with Gasteiger partial charge in [0.15, 0.2) is 0 Å². The van der Waals surface area contributed by atoms with Crippen LogP contribution in [0.3, 0.4) is 0 Å². The number of aliphatic hydroxyl groups is 1. The lowest BCUT2D eigenvalue weighted by Crippen LogP contribution is -2.43. The van der Waals surface area contributed by atoms with Gasteiger partial charge in [-0.1, -0.05) is 12.1 Å². The van der Waals surface area contributed by atoms with Crippen LogP contribution in [0.5, 0.6) is 5.75 Å². The first kappa shape index (κ1) is 36.2. The molecule has 5 rings (SSSR count). The lowest BCUT2D eigenvalue weighted by molar-refractivity contribution is -0.124. The normalized spacial score (nSPS) is 21.3. The number of carbonyl (C=O) groups is 2. The van der Waals surface area contributed by atoms with E-state index in [-0.39, 0.29) is 17.9 Å². The quantitative estimate of drug-likeness (QED) is 0.210. The highest BCUT2D eigenvalue weighted by molar-refractivity contribution is 5.94. The largest absolute Gasteiger partial charge is 0.496 e. The molecule has 2 saturated carbocycles. The second kappa shape index (κ2) is 16.1. The molecule has 2 N–H and O–H groups in total. The van der Waals surface area contributed by atoms with Gasteiger partial charge in [-0.15, -0.1) is 0 Å². The molecule has 1 aromatic carbocycles.